The molecule has 1 amide bonds. The van der Waals surface area contributed by atoms with Crippen molar-refractivity contribution in [2.24, 2.45) is 11.8 Å². The lowest BCUT2D eigenvalue weighted by Gasteiger charge is -2.34. The summed E-state index contributed by atoms with van der Waals surface area (Å²) in [7, 11) is 0. The van der Waals surface area contributed by atoms with Crippen LogP contribution in [0.2, 0.25) is 0 Å². The van der Waals surface area contributed by atoms with Gasteiger partial charge >= 0.3 is 5.97 Å². The number of carbonyl (C=O) groups excluding carboxylic acids is 1. The number of carbonyl (C=O) groups is 2. The van der Waals surface area contributed by atoms with Crippen molar-refractivity contribution in [1.29, 1.82) is 0 Å². The standard InChI is InChI=1S/C16H23NO3S/c1-12(10-14-5-3-9-21-14)16(20)17-8-2-4-13(11-17)6-7-15(18)19/h3,5,9,12-13H,2,4,6-8,10-11H2,1H3,(H,18,19). The smallest absolute Gasteiger partial charge is 0.303 e. The van der Waals surface area contributed by atoms with Crippen molar-refractivity contribution in [2.75, 3.05) is 13.1 Å². The second-order valence-electron chi connectivity index (χ2n) is 5.91. The maximum Gasteiger partial charge on any atom is 0.303 e. The van der Waals surface area contributed by atoms with Crippen LogP contribution in [-0.4, -0.2) is 35.0 Å². The molecule has 1 saturated heterocycles. The van der Waals surface area contributed by atoms with E-state index in [-0.39, 0.29) is 18.2 Å². The van der Waals surface area contributed by atoms with Crippen LogP contribution in [0.15, 0.2) is 17.5 Å². The number of aliphatic carboxylic acids is 1. The minimum atomic E-state index is -0.746. The average molecular weight is 309 g/mol. The highest BCUT2D eigenvalue weighted by molar-refractivity contribution is 7.09. The molecule has 0 spiro atoms. The number of piperidine rings is 1. The van der Waals surface area contributed by atoms with Crippen molar-refractivity contribution in [1.82, 2.24) is 4.90 Å². The van der Waals surface area contributed by atoms with Crippen LogP contribution in [0, 0.1) is 11.8 Å². The predicted molar refractivity (Wildman–Crippen MR) is 83.4 cm³/mol. The Balaban J connectivity index is 1.84. The first kappa shape index (κ1) is 16.0. The summed E-state index contributed by atoms with van der Waals surface area (Å²) in [4.78, 5) is 26.4. The third-order valence-electron chi connectivity index (χ3n) is 4.11. The van der Waals surface area contributed by atoms with Gasteiger partial charge in [-0.2, -0.15) is 0 Å². The van der Waals surface area contributed by atoms with E-state index in [2.05, 4.69) is 6.07 Å². The van der Waals surface area contributed by atoms with Crippen molar-refractivity contribution < 1.29 is 14.7 Å². The van der Waals surface area contributed by atoms with Crippen molar-refractivity contribution in [3.05, 3.63) is 22.4 Å². The molecule has 0 aliphatic carbocycles. The highest BCUT2D eigenvalue weighted by Gasteiger charge is 2.27. The third-order valence-corrected chi connectivity index (χ3v) is 5.00. The fourth-order valence-corrected chi connectivity index (χ4v) is 3.79. The number of thiophene rings is 1. The zero-order valence-electron chi connectivity index (χ0n) is 12.5. The van der Waals surface area contributed by atoms with Gasteiger partial charge in [-0.3, -0.25) is 9.59 Å². The maximum absolute atomic E-state index is 12.5. The number of carboxylic acid groups (broad SMARTS) is 1. The highest BCUT2D eigenvalue weighted by Crippen LogP contribution is 2.23. The molecule has 4 nitrogen and oxygen atoms in total. The van der Waals surface area contributed by atoms with Gasteiger partial charge in [0.25, 0.3) is 0 Å². The molecule has 1 aromatic heterocycles. The van der Waals surface area contributed by atoms with Crippen molar-refractivity contribution in [2.45, 2.75) is 39.0 Å². The molecule has 116 valence electrons. The van der Waals surface area contributed by atoms with Crippen LogP contribution in [0.4, 0.5) is 0 Å². The van der Waals surface area contributed by atoms with E-state index >= 15 is 0 Å². The molecule has 21 heavy (non-hydrogen) atoms. The van der Waals surface area contributed by atoms with E-state index in [0.717, 1.165) is 32.4 Å². The zero-order valence-corrected chi connectivity index (χ0v) is 13.3. The van der Waals surface area contributed by atoms with E-state index < -0.39 is 5.97 Å². The normalized spacial score (nSPS) is 20.2. The van der Waals surface area contributed by atoms with Crippen LogP contribution in [0.5, 0.6) is 0 Å². The molecule has 0 radical (unpaired) electrons. The maximum atomic E-state index is 12.5. The van der Waals surface area contributed by atoms with Gasteiger partial charge in [0, 0.05) is 30.3 Å². The lowest BCUT2D eigenvalue weighted by Crippen LogP contribution is -2.43. The molecular formula is C16H23NO3S. The largest absolute Gasteiger partial charge is 0.481 e. The Morgan fingerprint density at radius 1 is 1.52 bits per heavy atom. The predicted octanol–water partition coefficient (Wildman–Crippen LogP) is 3.03. The first-order valence-electron chi connectivity index (χ1n) is 7.59. The molecule has 5 heteroatoms. The number of hydrogen-bond donors (Lipinski definition) is 1. The van der Waals surface area contributed by atoms with E-state index in [0.29, 0.717) is 12.3 Å². The van der Waals surface area contributed by atoms with E-state index in [1.165, 1.54) is 4.88 Å². The summed E-state index contributed by atoms with van der Waals surface area (Å²) in [6, 6.07) is 4.08. The fourth-order valence-electron chi connectivity index (χ4n) is 2.96. The van der Waals surface area contributed by atoms with Crippen molar-refractivity contribution in [3.8, 4) is 0 Å². The van der Waals surface area contributed by atoms with Gasteiger partial charge in [0.2, 0.25) is 5.91 Å². The van der Waals surface area contributed by atoms with Gasteiger partial charge in [-0.1, -0.05) is 13.0 Å². The van der Waals surface area contributed by atoms with Gasteiger partial charge < -0.3 is 10.0 Å². The summed E-state index contributed by atoms with van der Waals surface area (Å²) in [6.45, 7) is 3.53. The Morgan fingerprint density at radius 3 is 3.00 bits per heavy atom. The number of carboxylic acids is 1. The molecule has 2 atom stereocenters. The van der Waals surface area contributed by atoms with Crippen molar-refractivity contribution in [3.63, 3.8) is 0 Å². The lowest BCUT2D eigenvalue weighted by molar-refractivity contribution is -0.137. The number of hydrogen-bond acceptors (Lipinski definition) is 3. The van der Waals surface area contributed by atoms with Crippen LogP contribution in [-0.2, 0) is 16.0 Å². The summed E-state index contributed by atoms with van der Waals surface area (Å²) < 4.78 is 0. The molecule has 2 rings (SSSR count). The minimum absolute atomic E-state index is 0.00173. The number of nitrogens with zero attached hydrogens (tertiary/aromatic N) is 1. The Bertz CT molecular complexity index is 472. The Kier molecular flexibility index (Phi) is 5.79. The summed E-state index contributed by atoms with van der Waals surface area (Å²) in [5.74, 6) is -0.192. The topological polar surface area (TPSA) is 57.6 Å². The molecule has 1 aliphatic heterocycles. The van der Waals surface area contributed by atoms with E-state index in [1.54, 1.807) is 11.3 Å². The van der Waals surface area contributed by atoms with Crippen LogP contribution < -0.4 is 0 Å². The van der Waals surface area contributed by atoms with Gasteiger partial charge in [0.1, 0.15) is 0 Å². The Hall–Kier alpha value is -1.36. The molecular weight excluding hydrogens is 286 g/mol. The summed E-state index contributed by atoms with van der Waals surface area (Å²) in [5.41, 5.74) is 0. The molecule has 2 unspecified atom stereocenters. The number of amides is 1. The molecule has 1 aliphatic rings. The molecule has 2 heterocycles. The zero-order chi connectivity index (χ0) is 15.2. The molecule has 0 aromatic carbocycles. The minimum Gasteiger partial charge on any atom is -0.481 e. The SMILES string of the molecule is CC(Cc1cccs1)C(=O)N1CCCC(CCC(=O)O)C1. The van der Waals surface area contributed by atoms with Crippen LogP contribution in [0.25, 0.3) is 0 Å². The van der Waals surface area contributed by atoms with E-state index in [4.69, 9.17) is 5.11 Å². The van der Waals surface area contributed by atoms with Gasteiger partial charge in [-0.25, -0.2) is 0 Å². The highest BCUT2D eigenvalue weighted by atomic mass is 32.1. The second kappa shape index (κ2) is 7.59. The number of likely N-dealkylation sites (tertiary alicyclic amines) is 1. The lowest BCUT2D eigenvalue weighted by atomic mass is 9.92. The Morgan fingerprint density at radius 2 is 2.33 bits per heavy atom. The Labute approximate surface area is 129 Å². The third kappa shape index (κ3) is 4.84. The van der Waals surface area contributed by atoms with Gasteiger partial charge in [0.15, 0.2) is 0 Å². The second-order valence-corrected chi connectivity index (χ2v) is 6.94. The van der Waals surface area contributed by atoms with Gasteiger partial charge in [-0.05, 0) is 43.0 Å². The molecule has 1 fully saturated rings. The van der Waals surface area contributed by atoms with Crippen LogP contribution in [0.1, 0.15) is 37.5 Å². The van der Waals surface area contributed by atoms with Crippen LogP contribution >= 0.6 is 11.3 Å². The van der Waals surface area contributed by atoms with Gasteiger partial charge in [-0.15, -0.1) is 11.3 Å². The molecule has 0 bridgehead atoms. The summed E-state index contributed by atoms with van der Waals surface area (Å²) in [5, 5.41) is 10.8. The summed E-state index contributed by atoms with van der Waals surface area (Å²) in [6.07, 6.45) is 3.71. The molecule has 1 aromatic rings. The summed E-state index contributed by atoms with van der Waals surface area (Å²) >= 11 is 1.69. The fraction of sp³-hybridized carbons (Fsp3) is 0.625. The van der Waals surface area contributed by atoms with E-state index in [1.807, 2.05) is 23.3 Å². The van der Waals surface area contributed by atoms with Gasteiger partial charge in [0.05, 0.1) is 0 Å². The number of rotatable bonds is 6. The molecule has 1 N–H and O–H groups in total. The van der Waals surface area contributed by atoms with E-state index in [9.17, 15) is 9.59 Å². The first-order chi connectivity index (χ1) is 10.1. The monoisotopic (exact) mass is 309 g/mol. The van der Waals surface area contributed by atoms with Crippen molar-refractivity contribution >= 4 is 23.2 Å². The quantitative estimate of drug-likeness (QED) is 0.878. The van der Waals surface area contributed by atoms with Crippen LogP contribution in [0.3, 0.4) is 0 Å². The first-order valence-corrected chi connectivity index (χ1v) is 8.47. The average Bonchev–Trinajstić information content (AvgIpc) is 2.97. The molecule has 0 saturated carbocycles.